The molecule has 0 aliphatic heterocycles. The number of nitrogens with zero attached hydrogens (tertiary/aromatic N) is 2. The van der Waals surface area contributed by atoms with Gasteiger partial charge in [-0.2, -0.15) is 0 Å². The van der Waals surface area contributed by atoms with Gasteiger partial charge in [-0.05, 0) is 44.1 Å². The second kappa shape index (κ2) is 7.37. The molecule has 2 aliphatic carbocycles. The molecule has 1 aromatic carbocycles. The molecule has 24 heavy (non-hydrogen) atoms. The van der Waals surface area contributed by atoms with Gasteiger partial charge in [-0.1, -0.05) is 30.3 Å². The van der Waals surface area contributed by atoms with Crippen molar-refractivity contribution in [1.82, 2.24) is 9.80 Å². The van der Waals surface area contributed by atoms with Gasteiger partial charge in [0.1, 0.15) is 0 Å². The van der Waals surface area contributed by atoms with Crippen molar-refractivity contribution in [2.45, 2.75) is 64.6 Å². The fraction of sp³-hybridized carbons (Fsp3) is 0.600. The van der Waals surface area contributed by atoms with E-state index in [9.17, 15) is 9.59 Å². The van der Waals surface area contributed by atoms with Gasteiger partial charge in [-0.3, -0.25) is 9.59 Å². The van der Waals surface area contributed by atoms with Crippen molar-refractivity contribution >= 4 is 11.8 Å². The summed E-state index contributed by atoms with van der Waals surface area (Å²) in [4.78, 5) is 28.6. The predicted molar refractivity (Wildman–Crippen MR) is 94.2 cm³/mol. The molecule has 0 N–H and O–H groups in total. The Hall–Kier alpha value is -1.84. The average molecular weight is 328 g/mol. The minimum atomic E-state index is 0.0277. The molecule has 4 heteroatoms. The normalized spacial score (nSPS) is 18.1. The highest BCUT2D eigenvalue weighted by atomic mass is 16.2. The Labute approximate surface area is 144 Å². The molecule has 0 aromatic heterocycles. The third kappa shape index (κ3) is 4.37. The molecule has 2 saturated carbocycles. The summed E-state index contributed by atoms with van der Waals surface area (Å²) < 4.78 is 0. The Morgan fingerprint density at radius 2 is 1.79 bits per heavy atom. The van der Waals surface area contributed by atoms with Crippen LogP contribution in [0.2, 0.25) is 0 Å². The molecular weight excluding hydrogens is 300 g/mol. The van der Waals surface area contributed by atoms with E-state index in [0.29, 0.717) is 37.5 Å². The van der Waals surface area contributed by atoms with Gasteiger partial charge in [0, 0.05) is 38.5 Å². The molecule has 2 amide bonds. The van der Waals surface area contributed by atoms with Crippen LogP contribution in [0.25, 0.3) is 0 Å². The quantitative estimate of drug-likeness (QED) is 0.735. The zero-order chi connectivity index (χ0) is 17.1. The van der Waals surface area contributed by atoms with Crippen molar-refractivity contribution in [3.8, 4) is 0 Å². The lowest BCUT2D eigenvalue weighted by Crippen LogP contribution is -2.43. The number of carbonyl (C=O) groups is 2. The second-order valence-electron chi connectivity index (χ2n) is 7.29. The Morgan fingerprint density at radius 1 is 1.12 bits per heavy atom. The predicted octanol–water partition coefficient (Wildman–Crippen LogP) is 3.21. The van der Waals surface area contributed by atoms with Crippen molar-refractivity contribution in [2.24, 2.45) is 5.92 Å². The van der Waals surface area contributed by atoms with Crippen LogP contribution in [-0.4, -0.2) is 40.2 Å². The lowest BCUT2D eigenvalue weighted by atomic mass is 10.1. The standard InChI is InChI=1S/C20H28N2O2/c1-15(18-8-9-18)22(19-10-11-19)20(24)12-13-21(16(2)23)14-17-6-4-3-5-7-17/h3-7,15,18-19H,8-14H2,1-2H3/t15-/m1/s1. The number of rotatable bonds is 8. The zero-order valence-electron chi connectivity index (χ0n) is 14.8. The Morgan fingerprint density at radius 3 is 2.33 bits per heavy atom. The van der Waals surface area contributed by atoms with Crippen molar-refractivity contribution < 1.29 is 9.59 Å². The van der Waals surface area contributed by atoms with Gasteiger partial charge in [0.05, 0.1) is 0 Å². The highest BCUT2D eigenvalue weighted by Crippen LogP contribution is 2.39. The molecule has 0 spiro atoms. The highest BCUT2D eigenvalue weighted by Gasteiger charge is 2.41. The van der Waals surface area contributed by atoms with Crippen molar-refractivity contribution in [1.29, 1.82) is 0 Å². The van der Waals surface area contributed by atoms with Gasteiger partial charge < -0.3 is 9.80 Å². The number of hydrogen-bond acceptors (Lipinski definition) is 2. The average Bonchev–Trinajstić information content (AvgIpc) is 3.45. The van der Waals surface area contributed by atoms with E-state index in [1.54, 1.807) is 11.8 Å². The molecule has 0 unspecified atom stereocenters. The Balaban J connectivity index is 1.56. The Kier molecular flexibility index (Phi) is 5.22. The van der Waals surface area contributed by atoms with Crippen LogP contribution in [0.15, 0.2) is 30.3 Å². The van der Waals surface area contributed by atoms with Crippen molar-refractivity contribution in [3.63, 3.8) is 0 Å². The number of amides is 2. The van der Waals surface area contributed by atoms with Crippen LogP contribution in [0.4, 0.5) is 0 Å². The summed E-state index contributed by atoms with van der Waals surface area (Å²) in [6.45, 7) is 4.86. The third-order valence-corrected chi connectivity index (χ3v) is 5.23. The van der Waals surface area contributed by atoms with Crippen LogP contribution in [0.5, 0.6) is 0 Å². The van der Waals surface area contributed by atoms with Gasteiger partial charge in [0.2, 0.25) is 11.8 Å². The molecular formula is C20H28N2O2. The summed E-state index contributed by atoms with van der Waals surface area (Å²) in [7, 11) is 0. The minimum absolute atomic E-state index is 0.0277. The van der Waals surface area contributed by atoms with Gasteiger partial charge in [-0.15, -0.1) is 0 Å². The summed E-state index contributed by atoms with van der Waals surface area (Å²) in [6.07, 6.45) is 5.23. The van der Waals surface area contributed by atoms with Crippen molar-refractivity contribution in [2.75, 3.05) is 6.54 Å². The summed E-state index contributed by atoms with van der Waals surface area (Å²) >= 11 is 0. The number of benzene rings is 1. The first-order valence-electron chi connectivity index (χ1n) is 9.17. The second-order valence-corrected chi connectivity index (χ2v) is 7.29. The smallest absolute Gasteiger partial charge is 0.224 e. The van der Waals surface area contributed by atoms with Gasteiger partial charge in [0.25, 0.3) is 0 Å². The maximum atomic E-state index is 12.8. The van der Waals surface area contributed by atoms with Crippen LogP contribution in [-0.2, 0) is 16.1 Å². The topological polar surface area (TPSA) is 40.6 Å². The molecule has 130 valence electrons. The van der Waals surface area contributed by atoms with E-state index in [2.05, 4.69) is 11.8 Å². The molecule has 1 aromatic rings. The van der Waals surface area contributed by atoms with Gasteiger partial charge in [-0.25, -0.2) is 0 Å². The highest BCUT2D eigenvalue weighted by molar-refractivity contribution is 5.79. The first kappa shape index (κ1) is 17.0. The molecule has 0 radical (unpaired) electrons. The minimum Gasteiger partial charge on any atom is -0.338 e. The summed E-state index contributed by atoms with van der Waals surface area (Å²) in [5, 5.41) is 0. The molecule has 2 fully saturated rings. The van der Waals surface area contributed by atoms with E-state index in [4.69, 9.17) is 0 Å². The number of hydrogen-bond donors (Lipinski definition) is 0. The maximum Gasteiger partial charge on any atom is 0.224 e. The van der Waals surface area contributed by atoms with Crippen LogP contribution in [0.1, 0.15) is 51.5 Å². The van der Waals surface area contributed by atoms with Crippen molar-refractivity contribution in [3.05, 3.63) is 35.9 Å². The molecule has 2 aliphatic rings. The van der Waals surface area contributed by atoms with Gasteiger partial charge >= 0.3 is 0 Å². The van der Waals surface area contributed by atoms with E-state index >= 15 is 0 Å². The third-order valence-electron chi connectivity index (χ3n) is 5.23. The molecule has 1 atom stereocenters. The number of carbonyl (C=O) groups excluding carboxylic acids is 2. The SMILES string of the molecule is CC(=O)N(CCC(=O)N(C1CC1)[C@H](C)C1CC1)Cc1ccccc1. The van der Waals surface area contributed by atoms with Crippen LogP contribution in [0, 0.1) is 5.92 Å². The van der Waals surface area contributed by atoms with E-state index in [0.717, 1.165) is 18.4 Å². The lowest BCUT2D eigenvalue weighted by molar-refractivity contribution is -0.136. The first-order chi connectivity index (χ1) is 11.6. The fourth-order valence-electron chi connectivity index (χ4n) is 3.43. The van der Waals surface area contributed by atoms with Crippen LogP contribution < -0.4 is 0 Å². The summed E-state index contributed by atoms with van der Waals surface area (Å²) in [5.74, 6) is 0.943. The monoisotopic (exact) mass is 328 g/mol. The van der Waals surface area contributed by atoms with E-state index in [-0.39, 0.29) is 11.8 Å². The van der Waals surface area contributed by atoms with Crippen LogP contribution in [0.3, 0.4) is 0 Å². The maximum absolute atomic E-state index is 12.8. The van der Waals surface area contributed by atoms with E-state index in [1.165, 1.54) is 12.8 Å². The van der Waals surface area contributed by atoms with E-state index in [1.807, 2.05) is 30.3 Å². The summed E-state index contributed by atoms with van der Waals surface area (Å²) in [6, 6.07) is 10.8. The first-order valence-corrected chi connectivity index (χ1v) is 9.17. The molecule has 0 heterocycles. The Bertz CT molecular complexity index is 579. The summed E-state index contributed by atoms with van der Waals surface area (Å²) in [5.41, 5.74) is 1.10. The molecule has 0 bridgehead atoms. The molecule has 0 saturated heterocycles. The van der Waals surface area contributed by atoms with Gasteiger partial charge in [0.15, 0.2) is 0 Å². The molecule has 3 rings (SSSR count). The van der Waals surface area contributed by atoms with Crippen LogP contribution >= 0.6 is 0 Å². The molecule has 4 nitrogen and oxygen atoms in total. The largest absolute Gasteiger partial charge is 0.338 e. The fourth-order valence-corrected chi connectivity index (χ4v) is 3.43. The van der Waals surface area contributed by atoms with E-state index < -0.39 is 0 Å². The lowest BCUT2D eigenvalue weighted by Gasteiger charge is -2.31. The zero-order valence-corrected chi connectivity index (χ0v) is 14.8.